The molecular formula is C20H19N5OS. The first-order valence-corrected chi connectivity index (χ1v) is 9.58. The molecule has 3 aromatic heterocycles. The minimum atomic E-state index is -0.211. The highest BCUT2D eigenvalue weighted by molar-refractivity contribution is 7.13. The van der Waals surface area contributed by atoms with Crippen molar-refractivity contribution in [1.29, 1.82) is 0 Å². The summed E-state index contributed by atoms with van der Waals surface area (Å²) in [5.41, 5.74) is 3.82. The van der Waals surface area contributed by atoms with Gasteiger partial charge in [0, 0.05) is 17.0 Å². The minimum Gasteiger partial charge on any atom is -0.298 e. The summed E-state index contributed by atoms with van der Waals surface area (Å²) in [6, 6.07) is 11.8. The van der Waals surface area contributed by atoms with Crippen LogP contribution in [0.25, 0.3) is 22.3 Å². The van der Waals surface area contributed by atoms with Crippen molar-refractivity contribution in [3.05, 3.63) is 59.2 Å². The summed E-state index contributed by atoms with van der Waals surface area (Å²) in [4.78, 5) is 22.1. The second kappa shape index (κ2) is 6.92. The van der Waals surface area contributed by atoms with Crippen molar-refractivity contribution in [2.75, 3.05) is 5.32 Å². The number of anilines is 1. The van der Waals surface area contributed by atoms with Gasteiger partial charge in [0.15, 0.2) is 10.8 Å². The Bertz CT molecular complexity index is 1110. The normalized spacial score (nSPS) is 11.3. The number of nitrogens with zero attached hydrogens (tertiary/aromatic N) is 4. The number of pyridine rings is 1. The molecule has 4 aromatic rings. The highest BCUT2D eigenvalue weighted by Gasteiger charge is 2.19. The van der Waals surface area contributed by atoms with Crippen LogP contribution in [0.2, 0.25) is 0 Å². The molecule has 3 heterocycles. The lowest BCUT2D eigenvalue weighted by Gasteiger charge is -2.10. The van der Waals surface area contributed by atoms with Gasteiger partial charge in [-0.05, 0) is 26.8 Å². The number of fused-ring (bicyclic) bond motifs is 1. The standard InChI is InChI=1S/C20H19N5OS/c1-12(2)25-18-16(10-21-25)15(19(26)24-20-22-13(3)11-27-20)9-17(23-18)14-7-5-4-6-8-14/h4-12H,1-3H3,(H,22,24,26). The van der Waals surface area contributed by atoms with Gasteiger partial charge in [-0.15, -0.1) is 11.3 Å². The van der Waals surface area contributed by atoms with Crippen LogP contribution in [0.3, 0.4) is 0 Å². The second-order valence-electron chi connectivity index (χ2n) is 6.59. The summed E-state index contributed by atoms with van der Waals surface area (Å²) < 4.78 is 1.84. The number of hydrogen-bond acceptors (Lipinski definition) is 5. The number of aromatic nitrogens is 4. The Labute approximate surface area is 160 Å². The SMILES string of the molecule is Cc1csc(NC(=O)c2cc(-c3ccccc3)nc3c2cnn3C(C)C)n1. The maximum Gasteiger partial charge on any atom is 0.258 e. The molecule has 1 N–H and O–H groups in total. The quantitative estimate of drug-likeness (QED) is 0.560. The van der Waals surface area contributed by atoms with E-state index < -0.39 is 0 Å². The smallest absolute Gasteiger partial charge is 0.258 e. The summed E-state index contributed by atoms with van der Waals surface area (Å²) in [5, 5.41) is 10.6. The van der Waals surface area contributed by atoms with Gasteiger partial charge in [-0.1, -0.05) is 30.3 Å². The molecule has 1 amide bonds. The molecule has 0 bridgehead atoms. The van der Waals surface area contributed by atoms with Crippen molar-refractivity contribution in [2.24, 2.45) is 0 Å². The third-order valence-corrected chi connectivity index (χ3v) is 5.09. The molecule has 27 heavy (non-hydrogen) atoms. The number of amides is 1. The van der Waals surface area contributed by atoms with Gasteiger partial charge in [0.1, 0.15) is 0 Å². The fraction of sp³-hybridized carbons (Fsp3) is 0.200. The highest BCUT2D eigenvalue weighted by Crippen LogP contribution is 2.27. The van der Waals surface area contributed by atoms with Crippen LogP contribution in [0.5, 0.6) is 0 Å². The first-order valence-electron chi connectivity index (χ1n) is 8.70. The first-order chi connectivity index (χ1) is 13.0. The van der Waals surface area contributed by atoms with Crippen LogP contribution < -0.4 is 5.32 Å². The Balaban J connectivity index is 1.86. The molecule has 136 valence electrons. The lowest BCUT2D eigenvalue weighted by atomic mass is 10.1. The Kier molecular flexibility index (Phi) is 4.45. The largest absolute Gasteiger partial charge is 0.298 e. The average molecular weight is 377 g/mol. The van der Waals surface area contributed by atoms with Gasteiger partial charge in [-0.25, -0.2) is 14.6 Å². The zero-order chi connectivity index (χ0) is 19.0. The van der Waals surface area contributed by atoms with Crippen molar-refractivity contribution in [3.8, 4) is 11.3 Å². The molecule has 0 unspecified atom stereocenters. The third kappa shape index (κ3) is 3.33. The van der Waals surface area contributed by atoms with Gasteiger partial charge >= 0.3 is 0 Å². The molecule has 0 fully saturated rings. The molecule has 0 saturated heterocycles. The minimum absolute atomic E-state index is 0.138. The van der Waals surface area contributed by atoms with Crippen LogP contribution in [-0.2, 0) is 0 Å². The van der Waals surface area contributed by atoms with Crippen LogP contribution >= 0.6 is 11.3 Å². The molecule has 0 aliphatic heterocycles. The molecule has 0 spiro atoms. The third-order valence-electron chi connectivity index (χ3n) is 4.21. The number of aryl methyl sites for hydroxylation is 1. The topological polar surface area (TPSA) is 72.7 Å². The molecule has 0 atom stereocenters. The molecule has 7 heteroatoms. The molecular weight excluding hydrogens is 358 g/mol. The number of benzene rings is 1. The first kappa shape index (κ1) is 17.4. The fourth-order valence-electron chi connectivity index (χ4n) is 2.92. The van der Waals surface area contributed by atoms with E-state index >= 15 is 0 Å². The molecule has 0 saturated carbocycles. The van der Waals surface area contributed by atoms with E-state index in [0.29, 0.717) is 16.3 Å². The van der Waals surface area contributed by atoms with Gasteiger partial charge < -0.3 is 0 Å². The molecule has 0 aliphatic rings. The van der Waals surface area contributed by atoms with Crippen molar-refractivity contribution in [2.45, 2.75) is 26.8 Å². The van der Waals surface area contributed by atoms with E-state index in [1.807, 2.05) is 67.2 Å². The lowest BCUT2D eigenvalue weighted by molar-refractivity contribution is 0.102. The Morgan fingerprint density at radius 2 is 1.96 bits per heavy atom. The predicted molar refractivity (Wildman–Crippen MR) is 108 cm³/mol. The maximum atomic E-state index is 13.0. The number of thiazole rings is 1. The Morgan fingerprint density at radius 1 is 1.19 bits per heavy atom. The number of carbonyl (C=O) groups excluding carboxylic acids is 1. The predicted octanol–water partition coefficient (Wildman–Crippen LogP) is 4.70. The number of hydrogen-bond donors (Lipinski definition) is 1. The summed E-state index contributed by atoms with van der Waals surface area (Å²) in [6.07, 6.45) is 1.71. The molecule has 6 nitrogen and oxygen atoms in total. The number of carbonyl (C=O) groups is 1. The van der Waals surface area contributed by atoms with Crippen LogP contribution in [-0.4, -0.2) is 25.7 Å². The van der Waals surface area contributed by atoms with Crippen LogP contribution in [0, 0.1) is 6.92 Å². The van der Waals surface area contributed by atoms with Gasteiger partial charge in [0.05, 0.1) is 28.5 Å². The fourth-order valence-corrected chi connectivity index (χ4v) is 3.60. The monoisotopic (exact) mass is 377 g/mol. The zero-order valence-electron chi connectivity index (χ0n) is 15.3. The summed E-state index contributed by atoms with van der Waals surface area (Å²) in [7, 11) is 0. The van der Waals surface area contributed by atoms with Crippen LogP contribution in [0.1, 0.15) is 35.9 Å². The number of nitrogens with one attached hydrogen (secondary N) is 1. The molecule has 4 rings (SSSR count). The second-order valence-corrected chi connectivity index (χ2v) is 7.45. The van der Waals surface area contributed by atoms with E-state index in [1.165, 1.54) is 11.3 Å². The van der Waals surface area contributed by atoms with E-state index in [4.69, 9.17) is 4.98 Å². The van der Waals surface area contributed by atoms with Crippen molar-refractivity contribution >= 4 is 33.4 Å². The van der Waals surface area contributed by atoms with E-state index in [-0.39, 0.29) is 11.9 Å². The summed E-state index contributed by atoms with van der Waals surface area (Å²) >= 11 is 1.41. The highest BCUT2D eigenvalue weighted by atomic mass is 32.1. The van der Waals surface area contributed by atoms with E-state index in [1.54, 1.807) is 6.20 Å². The van der Waals surface area contributed by atoms with E-state index in [0.717, 1.165) is 22.3 Å². The molecule has 0 aliphatic carbocycles. The number of rotatable bonds is 4. The lowest BCUT2D eigenvalue weighted by Crippen LogP contribution is -2.13. The zero-order valence-corrected chi connectivity index (χ0v) is 16.1. The maximum absolute atomic E-state index is 13.0. The van der Waals surface area contributed by atoms with Crippen LogP contribution in [0.4, 0.5) is 5.13 Å². The van der Waals surface area contributed by atoms with E-state index in [2.05, 4.69) is 15.4 Å². The van der Waals surface area contributed by atoms with Crippen molar-refractivity contribution in [3.63, 3.8) is 0 Å². The van der Waals surface area contributed by atoms with Gasteiger partial charge in [0.25, 0.3) is 5.91 Å². The average Bonchev–Trinajstić information content (AvgIpc) is 3.27. The molecule has 0 radical (unpaired) electrons. The van der Waals surface area contributed by atoms with Gasteiger partial charge in [-0.3, -0.25) is 10.1 Å². The Morgan fingerprint density at radius 3 is 2.63 bits per heavy atom. The van der Waals surface area contributed by atoms with Gasteiger partial charge in [0.2, 0.25) is 0 Å². The van der Waals surface area contributed by atoms with Crippen molar-refractivity contribution in [1.82, 2.24) is 19.7 Å². The van der Waals surface area contributed by atoms with Crippen LogP contribution in [0.15, 0.2) is 48.0 Å². The van der Waals surface area contributed by atoms with Crippen molar-refractivity contribution < 1.29 is 4.79 Å². The Hall–Kier alpha value is -3.06. The van der Waals surface area contributed by atoms with Gasteiger partial charge in [-0.2, -0.15) is 5.10 Å². The molecule has 1 aromatic carbocycles. The summed E-state index contributed by atoms with van der Waals surface area (Å²) in [5.74, 6) is -0.211. The summed E-state index contributed by atoms with van der Waals surface area (Å²) in [6.45, 7) is 5.99. The van der Waals surface area contributed by atoms with E-state index in [9.17, 15) is 4.79 Å².